The standard InChI is InChI=1S/C17H34N2O2/c1-13-12-17(5,6)9-8-14(13)18-10-7-11-19-15(20)21-16(2,3)4/h13-14,18H,7-12H2,1-6H3,(H,19,20). The lowest BCUT2D eigenvalue weighted by Crippen LogP contribution is -2.42. The van der Waals surface area contributed by atoms with E-state index in [4.69, 9.17) is 4.74 Å². The summed E-state index contributed by atoms with van der Waals surface area (Å²) < 4.78 is 5.20. The number of carbonyl (C=O) groups is 1. The lowest BCUT2D eigenvalue weighted by Gasteiger charge is -2.39. The highest BCUT2D eigenvalue weighted by Crippen LogP contribution is 2.38. The van der Waals surface area contributed by atoms with Gasteiger partial charge in [-0.1, -0.05) is 20.8 Å². The van der Waals surface area contributed by atoms with E-state index in [0.29, 0.717) is 18.0 Å². The fourth-order valence-electron chi connectivity index (χ4n) is 3.13. The van der Waals surface area contributed by atoms with E-state index in [1.165, 1.54) is 19.3 Å². The third-order valence-electron chi connectivity index (χ3n) is 4.12. The van der Waals surface area contributed by atoms with Gasteiger partial charge in [0, 0.05) is 12.6 Å². The average Bonchev–Trinajstić information content (AvgIpc) is 2.28. The first-order valence-electron chi connectivity index (χ1n) is 8.29. The summed E-state index contributed by atoms with van der Waals surface area (Å²) in [5, 5.41) is 6.44. The topological polar surface area (TPSA) is 50.4 Å². The normalized spacial score (nSPS) is 25.4. The molecule has 0 radical (unpaired) electrons. The zero-order valence-corrected chi connectivity index (χ0v) is 14.7. The number of hydrogen-bond acceptors (Lipinski definition) is 3. The Labute approximate surface area is 130 Å². The van der Waals surface area contributed by atoms with Crippen molar-refractivity contribution in [2.75, 3.05) is 13.1 Å². The van der Waals surface area contributed by atoms with Gasteiger partial charge >= 0.3 is 6.09 Å². The Morgan fingerprint density at radius 3 is 2.52 bits per heavy atom. The van der Waals surface area contributed by atoms with Crippen LogP contribution in [0.15, 0.2) is 0 Å². The molecule has 1 rings (SSSR count). The predicted octanol–water partition coefficient (Wildman–Crippen LogP) is 3.71. The number of nitrogens with one attached hydrogen (secondary N) is 2. The van der Waals surface area contributed by atoms with Crippen LogP contribution in [0.25, 0.3) is 0 Å². The molecule has 1 amide bonds. The highest BCUT2D eigenvalue weighted by molar-refractivity contribution is 5.67. The van der Waals surface area contributed by atoms with Crippen LogP contribution in [-0.2, 0) is 4.74 Å². The fraction of sp³-hybridized carbons (Fsp3) is 0.941. The third kappa shape index (κ3) is 7.70. The Morgan fingerprint density at radius 1 is 1.29 bits per heavy atom. The average molecular weight is 298 g/mol. The molecule has 2 unspecified atom stereocenters. The van der Waals surface area contributed by atoms with Gasteiger partial charge in [0.25, 0.3) is 0 Å². The predicted molar refractivity (Wildman–Crippen MR) is 87.4 cm³/mol. The van der Waals surface area contributed by atoms with Crippen LogP contribution < -0.4 is 10.6 Å². The van der Waals surface area contributed by atoms with E-state index in [1.807, 2.05) is 20.8 Å². The number of rotatable bonds is 5. The third-order valence-corrected chi connectivity index (χ3v) is 4.12. The quantitative estimate of drug-likeness (QED) is 0.761. The maximum Gasteiger partial charge on any atom is 0.407 e. The van der Waals surface area contributed by atoms with Crippen LogP contribution in [-0.4, -0.2) is 30.8 Å². The molecular weight excluding hydrogens is 264 g/mol. The minimum absolute atomic E-state index is 0.324. The van der Waals surface area contributed by atoms with Crippen molar-refractivity contribution >= 4 is 6.09 Å². The van der Waals surface area contributed by atoms with Gasteiger partial charge in [-0.25, -0.2) is 4.79 Å². The number of carbonyl (C=O) groups excluding carboxylic acids is 1. The van der Waals surface area contributed by atoms with Crippen molar-refractivity contribution in [1.29, 1.82) is 0 Å². The summed E-state index contributed by atoms with van der Waals surface area (Å²) in [7, 11) is 0. The van der Waals surface area contributed by atoms with Crippen LogP contribution in [0.5, 0.6) is 0 Å². The van der Waals surface area contributed by atoms with Gasteiger partial charge in [0.05, 0.1) is 0 Å². The van der Waals surface area contributed by atoms with Crippen LogP contribution in [0, 0.1) is 11.3 Å². The first kappa shape index (κ1) is 18.3. The Hall–Kier alpha value is -0.770. The van der Waals surface area contributed by atoms with Crippen LogP contribution >= 0.6 is 0 Å². The van der Waals surface area contributed by atoms with Crippen LogP contribution in [0.4, 0.5) is 4.79 Å². The van der Waals surface area contributed by atoms with E-state index in [9.17, 15) is 4.79 Å². The Balaban J connectivity index is 2.11. The van der Waals surface area contributed by atoms with Crippen molar-refractivity contribution in [1.82, 2.24) is 10.6 Å². The van der Waals surface area contributed by atoms with E-state index in [2.05, 4.69) is 31.4 Å². The molecule has 0 aromatic carbocycles. The molecule has 0 saturated heterocycles. The molecule has 21 heavy (non-hydrogen) atoms. The zero-order valence-electron chi connectivity index (χ0n) is 14.7. The molecule has 1 aliphatic rings. The molecule has 1 aliphatic carbocycles. The van der Waals surface area contributed by atoms with E-state index < -0.39 is 5.60 Å². The summed E-state index contributed by atoms with van der Waals surface area (Å²) in [6, 6.07) is 0.625. The second-order valence-electron chi connectivity index (χ2n) is 8.23. The first-order valence-corrected chi connectivity index (χ1v) is 8.29. The molecule has 0 aromatic rings. The van der Waals surface area contributed by atoms with Crippen molar-refractivity contribution in [2.45, 2.75) is 78.9 Å². The van der Waals surface area contributed by atoms with Gasteiger partial charge in [0.2, 0.25) is 0 Å². The molecule has 0 aromatic heterocycles. The molecule has 0 aliphatic heterocycles. The van der Waals surface area contributed by atoms with Gasteiger partial charge in [-0.15, -0.1) is 0 Å². The fourth-order valence-corrected chi connectivity index (χ4v) is 3.13. The molecule has 0 heterocycles. The van der Waals surface area contributed by atoms with Crippen molar-refractivity contribution in [2.24, 2.45) is 11.3 Å². The zero-order chi connectivity index (χ0) is 16.1. The first-order chi connectivity index (χ1) is 9.59. The molecule has 124 valence electrons. The van der Waals surface area contributed by atoms with Gasteiger partial charge in [-0.3, -0.25) is 0 Å². The lowest BCUT2D eigenvalue weighted by atomic mass is 9.70. The minimum atomic E-state index is -0.424. The maximum atomic E-state index is 11.5. The van der Waals surface area contributed by atoms with Gasteiger partial charge in [0.1, 0.15) is 5.60 Å². The van der Waals surface area contributed by atoms with Crippen molar-refractivity contribution in [3.63, 3.8) is 0 Å². The van der Waals surface area contributed by atoms with E-state index in [0.717, 1.165) is 18.9 Å². The summed E-state index contributed by atoms with van der Waals surface area (Å²) >= 11 is 0. The Bertz CT molecular complexity index is 334. The molecule has 1 fully saturated rings. The van der Waals surface area contributed by atoms with E-state index in [-0.39, 0.29) is 6.09 Å². The molecule has 2 atom stereocenters. The molecule has 4 nitrogen and oxygen atoms in total. The molecule has 2 N–H and O–H groups in total. The van der Waals surface area contributed by atoms with Crippen molar-refractivity contribution < 1.29 is 9.53 Å². The molecule has 0 bridgehead atoms. The van der Waals surface area contributed by atoms with Gasteiger partial charge in [0.15, 0.2) is 0 Å². The number of amides is 1. The van der Waals surface area contributed by atoms with Crippen molar-refractivity contribution in [3.05, 3.63) is 0 Å². The smallest absolute Gasteiger partial charge is 0.407 e. The van der Waals surface area contributed by atoms with Crippen LogP contribution in [0.3, 0.4) is 0 Å². The molecule has 1 saturated carbocycles. The Kier molecular flexibility index (Phi) is 6.51. The lowest BCUT2D eigenvalue weighted by molar-refractivity contribution is 0.0527. The minimum Gasteiger partial charge on any atom is -0.444 e. The maximum absolute atomic E-state index is 11.5. The number of alkyl carbamates (subject to hydrolysis) is 1. The largest absolute Gasteiger partial charge is 0.444 e. The monoisotopic (exact) mass is 298 g/mol. The second-order valence-corrected chi connectivity index (χ2v) is 8.23. The highest BCUT2D eigenvalue weighted by Gasteiger charge is 2.31. The summed E-state index contributed by atoms with van der Waals surface area (Å²) in [5.41, 5.74) is 0.0720. The number of ether oxygens (including phenoxy) is 1. The Morgan fingerprint density at radius 2 is 1.95 bits per heavy atom. The number of hydrogen-bond donors (Lipinski definition) is 2. The van der Waals surface area contributed by atoms with Gasteiger partial charge in [-0.2, -0.15) is 0 Å². The van der Waals surface area contributed by atoms with Gasteiger partial charge in [-0.05, 0) is 64.3 Å². The summed E-state index contributed by atoms with van der Waals surface area (Å²) in [5.74, 6) is 0.729. The SMILES string of the molecule is CC1CC(C)(C)CCC1NCCCNC(=O)OC(C)(C)C. The van der Waals surface area contributed by atoms with E-state index >= 15 is 0 Å². The molecule has 0 spiro atoms. The summed E-state index contributed by atoms with van der Waals surface area (Å²) in [4.78, 5) is 11.5. The second kappa shape index (κ2) is 7.48. The van der Waals surface area contributed by atoms with Crippen LogP contribution in [0.2, 0.25) is 0 Å². The van der Waals surface area contributed by atoms with E-state index in [1.54, 1.807) is 0 Å². The summed E-state index contributed by atoms with van der Waals surface area (Å²) in [6.07, 6.45) is 4.46. The van der Waals surface area contributed by atoms with Crippen LogP contribution in [0.1, 0.15) is 67.2 Å². The molecular formula is C17H34N2O2. The highest BCUT2D eigenvalue weighted by atomic mass is 16.6. The van der Waals surface area contributed by atoms with Gasteiger partial charge < -0.3 is 15.4 Å². The van der Waals surface area contributed by atoms with Crippen molar-refractivity contribution in [3.8, 4) is 0 Å². The summed E-state index contributed by atoms with van der Waals surface area (Å²) in [6.45, 7) is 14.3. The molecule has 4 heteroatoms.